The Morgan fingerprint density at radius 1 is 1.35 bits per heavy atom. The number of aromatic amines is 1. The number of benzene rings is 1. The van der Waals surface area contributed by atoms with E-state index in [4.69, 9.17) is 5.73 Å². The maximum Gasteiger partial charge on any atom is 0.258 e. The highest BCUT2D eigenvalue weighted by atomic mass is 32.2. The van der Waals surface area contributed by atoms with Crippen molar-refractivity contribution in [2.75, 3.05) is 5.75 Å². The molecule has 0 fully saturated rings. The number of fused-ring (bicyclic) bond motifs is 5. The first-order valence-electron chi connectivity index (χ1n) is 5.85. The summed E-state index contributed by atoms with van der Waals surface area (Å²) in [6.07, 6.45) is 0. The smallest absolute Gasteiger partial charge is 0.258 e. The first kappa shape index (κ1) is 11.3. The van der Waals surface area contributed by atoms with E-state index in [1.165, 1.54) is 11.8 Å². The Morgan fingerprint density at radius 3 is 3.05 bits per heavy atom. The molecule has 0 saturated carbocycles. The van der Waals surface area contributed by atoms with Crippen LogP contribution >= 0.6 is 11.8 Å². The fourth-order valence-corrected chi connectivity index (χ4v) is 2.76. The highest BCUT2D eigenvalue weighted by Crippen LogP contribution is 2.21. The van der Waals surface area contributed by atoms with E-state index < -0.39 is 5.91 Å². The summed E-state index contributed by atoms with van der Waals surface area (Å²) in [5, 5.41) is 11.9. The van der Waals surface area contributed by atoms with Gasteiger partial charge in [-0.15, -0.1) is 10.2 Å². The second-order valence-corrected chi connectivity index (χ2v) is 5.19. The Kier molecular flexibility index (Phi) is 2.24. The van der Waals surface area contributed by atoms with E-state index in [1.807, 2.05) is 28.7 Å². The number of nitrogens with one attached hydrogen (secondary N) is 1. The van der Waals surface area contributed by atoms with Crippen LogP contribution in [0, 0.1) is 0 Å². The molecule has 8 nitrogen and oxygen atoms in total. The van der Waals surface area contributed by atoms with Crippen LogP contribution in [0.2, 0.25) is 0 Å². The van der Waals surface area contributed by atoms with Gasteiger partial charge in [-0.3, -0.25) is 9.89 Å². The molecule has 3 N–H and O–H groups in total. The molecule has 0 spiro atoms. The van der Waals surface area contributed by atoms with Crippen LogP contribution in [0.15, 0.2) is 29.4 Å². The standard InChI is InChI=1S/C11H9N7OS/c12-8(19)5-20-11-15-14-10-17-7-4-2-1-3-6(7)13-9(17)16-18(10)11/h1-4H,5H2,(H2,12,19)(H,13,16). The van der Waals surface area contributed by atoms with Crippen LogP contribution in [-0.2, 0) is 4.79 Å². The molecule has 0 aliphatic carbocycles. The molecule has 0 bridgehead atoms. The largest absolute Gasteiger partial charge is 0.369 e. The lowest BCUT2D eigenvalue weighted by Gasteiger charge is -1.93. The van der Waals surface area contributed by atoms with Crippen molar-refractivity contribution >= 4 is 40.3 Å². The lowest BCUT2D eigenvalue weighted by Crippen LogP contribution is -2.13. The number of hydrogen-bond acceptors (Lipinski definition) is 5. The van der Waals surface area contributed by atoms with Gasteiger partial charge in [-0.25, -0.2) is 9.38 Å². The number of aromatic nitrogens is 6. The average Bonchev–Trinajstić information content (AvgIpc) is 3.05. The summed E-state index contributed by atoms with van der Waals surface area (Å²) in [6, 6.07) is 7.78. The summed E-state index contributed by atoms with van der Waals surface area (Å²) in [5.41, 5.74) is 6.97. The van der Waals surface area contributed by atoms with Gasteiger partial charge in [0.05, 0.1) is 16.8 Å². The van der Waals surface area contributed by atoms with Gasteiger partial charge in [-0.05, 0) is 12.1 Å². The van der Waals surface area contributed by atoms with Crippen molar-refractivity contribution in [3.05, 3.63) is 24.3 Å². The van der Waals surface area contributed by atoms with Gasteiger partial charge in [-0.1, -0.05) is 23.9 Å². The van der Waals surface area contributed by atoms with Crippen LogP contribution < -0.4 is 5.73 Å². The number of hydrogen-bond donors (Lipinski definition) is 2. The van der Waals surface area contributed by atoms with Gasteiger partial charge in [-0.2, -0.15) is 4.52 Å². The third-order valence-electron chi connectivity index (χ3n) is 2.93. The topological polar surface area (TPSA) is 106 Å². The van der Waals surface area contributed by atoms with E-state index in [1.54, 1.807) is 4.52 Å². The predicted octanol–water partition coefficient (Wildman–Crippen LogP) is 0.436. The molecule has 0 unspecified atom stereocenters. The van der Waals surface area contributed by atoms with Gasteiger partial charge in [0, 0.05) is 0 Å². The molecule has 100 valence electrons. The lowest BCUT2D eigenvalue weighted by molar-refractivity contribution is -0.115. The second kappa shape index (κ2) is 3.97. The molecule has 0 radical (unpaired) electrons. The van der Waals surface area contributed by atoms with Gasteiger partial charge in [0.25, 0.3) is 5.78 Å². The summed E-state index contributed by atoms with van der Waals surface area (Å²) >= 11 is 1.23. The number of amides is 1. The fourth-order valence-electron chi connectivity index (χ4n) is 2.14. The van der Waals surface area contributed by atoms with Gasteiger partial charge in [0.1, 0.15) is 0 Å². The zero-order valence-electron chi connectivity index (χ0n) is 10.1. The number of carbonyl (C=O) groups excluding carboxylic acids is 1. The van der Waals surface area contributed by atoms with Crippen molar-refractivity contribution in [3.63, 3.8) is 0 Å². The van der Waals surface area contributed by atoms with E-state index in [0.717, 1.165) is 11.0 Å². The number of nitrogens with two attached hydrogens (primary N) is 1. The minimum Gasteiger partial charge on any atom is -0.369 e. The van der Waals surface area contributed by atoms with E-state index in [0.29, 0.717) is 16.7 Å². The van der Waals surface area contributed by atoms with E-state index >= 15 is 0 Å². The Balaban J connectivity index is 1.95. The summed E-state index contributed by atoms with van der Waals surface area (Å²) in [5.74, 6) is 1.06. The number of nitrogens with zero attached hydrogens (tertiary/aromatic N) is 5. The maximum atomic E-state index is 10.8. The predicted molar refractivity (Wildman–Crippen MR) is 73.5 cm³/mol. The average molecular weight is 287 g/mol. The van der Waals surface area contributed by atoms with Crippen LogP contribution in [-0.4, -0.2) is 40.9 Å². The SMILES string of the molecule is NC(=O)CSc1nnc2n1[nH]c1nc3ccccc3n12. The number of carbonyl (C=O) groups is 1. The van der Waals surface area contributed by atoms with Crippen molar-refractivity contribution < 1.29 is 4.79 Å². The van der Waals surface area contributed by atoms with Gasteiger partial charge in [0.15, 0.2) is 0 Å². The van der Waals surface area contributed by atoms with Crippen LogP contribution in [0.3, 0.4) is 0 Å². The Morgan fingerprint density at radius 2 is 2.20 bits per heavy atom. The normalized spacial score (nSPS) is 11.8. The molecule has 0 aliphatic heterocycles. The zero-order chi connectivity index (χ0) is 13.7. The molecule has 0 atom stereocenters. The van der Waals surface area contributed by atoms with Gasteiger partial charge < -0.3 is 5.73 Å². The Hall–Kier alpha value is -2.55. The lowest BCUT2D eigenvalue weighted by atomic mass is 10.3. The quantitative estimate of drug-likeness (QED) is 0.532. The van der Waals surface area contributed by atoms with Gasteiger partial charge >= 0.3 is 0 Å². The molecule has 1 amide bonds. The van der Waals surface area contributed by atoms with E-state index in [-0.39, 0.29) is 5.75 Å². The molecule has 0 saturated heterocycles. The number of imidazole rings is 1. The first-order chi connectivity index (χ1) is 9.74. The van der Waals surface area contributed by atoms with Crippen LogP contribution in [0.5, 0.6) is 0 Å². The minimum atomic E-state index is -0.395. The van der Waals surface area contributed by atoms with Crippen LogP contribution in [0.1, 0.15) is 0 Å². The number of para-hydroxylation sites is 2. The van der Waals surface area contributed by atoms with E-state index in [2.05, 4.69) is 20.3 Å². The summed E-state index contributed by atoms with van der Waals surface area (Å²) in [6.45, 7) is 0. The number of primary amides is 1. The summed E-state index contributed by atoms with van der Waals surface area (Å²) in [4.78, 5) is 15.3. The first-order valence-corrected chi connectivity index (χ1v) is 6.84. The van der Waals surface area contributed by atoms with Crippen LogP contribution in [0.25, 0.3) is 22.6 Å². The molecular formula is C11H9N7OS. The zero-order valence-corrected chi connectivity index (χ0v) is 11.0. The van der Waals surface area contributed by atoms with Crippen molar-refractivity contribution in [3.8, 4) is 0 Å². The molecule has 1 aromatic carbocycles. The highest BCUT2D eigenvalue weighted by Gasteiger charge is 2.16. The second-order valence-electron chi connectivity index (χ2n) is 4.24. The third kappa shape index (κ3) is 1.50. The molecule has 3 heterocycles. The van der Waals surface area contributed by atoms with Crippen LogP contribution in [0.4, 0.5) is 0 Å². The van der Waals surface area contributed by atoms with Crippen molar-refractivity contribution in [2.24, 2.45) is 5.73 Å². The molecular weight excluding hydrogens is 278 g/mol. The summed E-state index contributed by atoms with van der Waals surface area (Å²) < 4.78 is 3.58. The number of rotatable bonds is 3. The molecule has 9 heteroatoms. The summed E-state index contributed by atoms with van der Waals surface area (Å²) in [7, 11) is 0. The Labute approximate surface area is 116 Å². The van der Waals surface area contributed by atoms with Crippen molar-refractivity contribution in [1.29, 1.82) is 0 Å². The fraction of sp³-hybridized carbons (Fsp3) is 0.0909. The van der Waals surface area contributed by atoms with Crippen molar-refractivity contribution in [1.82, 2.24) is 29.2 Å². The van der Waals surface area contributed by atoms with Gasteiger partial charge in [0.2, 0.25) is 16.8 Å². The maximum absolute atomic E-state index is 10.8. The Bertz CT molecular complexity index is 950. The molecule has 4 rings (SSSR count). The number of thioether (sulfide) groups is 1. The monoisotopic (exact) mass is 287 g/mol. The third-order valence-corrected chi connectivity index (χ3v) is 3.88. The molecule has 20 heavy (non-hydrogen) atoms. The molecule has 0 aliphatic rings. The van der Waals surface area contributed by atoms with Crippen molar-refractivity contribution in [2.45, 2.75) is 5.16 Å². The molecule has 3 aromatic heterocycles. The number of H-pyrrole nitrogens is 1. The minimum absolute atomic E-state index is 0.156. The molecule has 4 aromatic rings. The van der Waals surface area contributed by atoms with E-state index in [9.17, 15) is 4.79 Å². The highest BCUT2D eigenvalue weighted by molar-refractivity contribution is 7.99.